The lowest BCUT2D eigenvalue weighted by molar-refractivity contribution is 0.496. The summed E-state index contributed by atoms with van der Waals surface area (Å²) in [6, 6.07) is 10.7. The van der Waals surface area contributed by atoms with Gasteiger partial charge in [0.15, 0.2) is 11.2 Å². The van der Waals surface area contributed by atoms with Gasteiger partial charge in [0.25, 0.3) is 5.56 Å². The maximum absolute atomic E-state index is 14.1. The number of aromatic nitrogens is 6. The number of imidazole rings is 1. The first kappa shape index (κ1) is 26.4. The summed E-state index contributed by atoms with van der Waals surface area (Å²) in [5.74, 6) is 6.40. The van der Waals surface area contributed by atoms with Gasteiger partial charge in [0.1, 0.15) is 23.5 Å². The number of pyridine rings is 2. The molecule has 2 N–H and O–H groups in total. The Morgan fingerprint density at radius 3 is 2.25 bits per heavy atom. The zero-order chi connectivity index (χ0) is 28.2. The van der Waals surface area contributed by atoms with Gasteiger partial charge >= 0.3 is 5.69 Å². The number of fused-ring (bicyclic) bond motifs is 1. The molecule has 200 valence electrons. The minimum Gasteiger partial charge on any atom is -0.341 e. The molecule has 4 aromatic heterocycles. The van der Waals surface area contributed by atoms with Gasteiger partial charge in [0.2, 0.25) is 5.95 Å². The van der Waals surface area contributed by atoms with Crippen molar-refractivity contribution in [3.05, 3.63) is 80.0 Å². The maximum atomic E-state index is 14.1. The highest BCUT2D eigenvalue weighted by molar-refractivity contribution is 5.75. The molecule has 0 amide bonds. The fraction of sp³-hybridized carbons (Fsp3) is 0.321. The maximum Gasteiger partial charge on any atom is 0.333 e. The number of piperidine rings is 1. The largest absolute Gasteiger partial charge is 0.341 e. The lowest BCUT2D eigenvalue weighted by Gasteiger charge is -2.31. The monoisotopic (exact) mass is 534 g/mol. The second kappa shape index (κ2) is 11.2. The van der Waals surface area contributed by atoms with Gasteiger partial charge in [0.05, 0.1) is 19.6 Å². The molecule has 1 aliphatic rings. The lowest BCUT2D eigenvalue weighted by Crippen LogP contribution is -2.44. The van der Waals surface area contributed by atoms with E-state index in [4.69, 9.17) is 10.7 Å². The van der Waals surface area contributed by atoms with Crippen molar-refractivity contribution in [1.29, 1.82) is 10.5 Å². The number of nitrogens with zero attached hydrogens (tertiary/aromatic N) is 9. The molecular formula is C28H26N10O2. The van der Waals surface area contributed by atoms with Crippen molar-refractivity contribution in [2.24, 2.45) is 5.73 Å². The molecule has 5 heterocycles. The fourth-order valence-corrected chi connectivity index (χ4v) is 4.98. The smallest absolute Gasteiger partial charge is 0.333 e. The van der Waals surface area contributed by atoms with E-state index in [1.807, 2.05) is 11.0 Å². The van der Waals surface area contributed by atoms with Crippen molar-refractivity contribution in [3.8, 4) is 24.0 Å². The highest BCUT2D eigenvalue weighted by atomic mass is 16.2. The summed E-state index contributed by atoms with van der Waals surface area (Å²) in [6.07, 6.45) is 4.72. The average Bonchev–Trinajstić information content (AvgIpc) is 3.36. The van der Waals surface area contributed by atoms with Crippen molar-refractivity contribution >= 4 is 17.1 Å². The minimum atomic E-state index is -0.633. The molecule has 0 aromatic carbocycles. The molecule has 1 saturated heterocycles. The van der Waals surface area contributed by atoms with Crippen LogP contribution < -0.4 is 21.9 Å². The molecule has 40 heavy (non-hydrogen) atoms. The molecule has 0 unspecified atom stereocenters. The van der Waals surface area contributed by atoms with Gasteiger partial charge in [-0.15, -0.1) is 5.92 Å². The van der Waals surface area contributed by atoms with Gasteiger partial charge in [-0.1, -0.05) is 18.1 Å². The molecule has 1 fully saturated rings. The molecule has 4 aromatic rings. The van der Waals surface area contributed by atoms with Gasteiger partial charge in [-0.2, -0.15) is 15.5 Å². The number of anilines is 1. The number of nitriles is 2. The quantitative estimate of drug-likeness (QED) is 0.354. The van der Waals surface area contributed by atoms with Gasteiger partial charge < -0.3 is 10.6 Å². The summed E-state index contributed by atoms with van der Waals surface area (Å²) < 4.78 is 4.17. The highest BCUT2D eigenvalue weighted by Crippen LogP contribution is 2.24. The van der Waals surface area contributed by atoms with Crippen LogP contribution in [-0.2, 0) is 19.6 Å². The van der Waals surface area contributed by atoms with Crippen LogP contribution in [0.3, 0.4) is 0 Å². The van der Waals surface area contributed by atoms with E-state index >= 15 is 0 Å². The van der Waals surface area contributed by atoms with E-state index < -0.39 is 11.2 Å². The topological polar surface area (TPSA) is 164 Å². The predicted molar refractivity (Wildman–Crippen MR) is 147 cm³/mol. The molecule has 12 heteroatoms. The Labute approximate surface area is 229 Å². The third-order valence-electron chi connectivity index (χ3n) is 6.90. The molecule has 0 saturated carbocycles. The summed E-state index contributed by atoms with van der Waals surface area (Å²) in [4.78, 5) is 43.1. The van der Waals surface area contributed by atoms with E-state index in [0.29, 0.717) is 30.2 Å². The van der Waals surface area contributed by atoms with E-state index in [2.05, 4.69) is 27.9 Å². The number of nitrogens with two attached hydrogens (primary N) is 1. The molecule has 0 aliphatic carbocycles. The fourth-order valence-electron chi connectivity index (χ4n) is 4.98. The second-order valence-electron chi connectivity index (χ2n) is 9.45. The third kappa shape index (κ3) is 4.82. The van der Waals surface area contributed by atoms with Crippen LogP contribution in [0.15, 0.2) is 46.2 Å². The van der Waals surface area contributed by atoms with Gasteiger partial charge in [-0.05, 0) is 31.9 Å². The average molecular weight is 535 g/mol. The molecule has 0 spiro atoms. The summed E-state index contributed by atoms with van der Waals surface area (Å²) >= 11 is 0. The third-order valence-corrected chi connectivity index (χ3v) is 6.90. The van der Waals surface area contributed by atoms with Crippen molar-refractivity contribution in [2.75, 3.05) is 18.0 Å². The zero-order valence-corrected chi connectivity index (χ0v) is 21.9. The predicted octanol–water partition coefficient (Wildman–Crippen LogP) is 0.940. The van der Waals surface area contributed by atoms with Crippen molar-refractivity contribution in [2.45, 2.75) is 45.4 Å². The molecule has 12 nitrogen and oxygen atoms in total. The summed E-state index contributed by atoms with van der Waals surface area (Å²) in [5, 5.41) is 19.2. The van der Waals surface area contributed by atoms with Gasteiger partial charge in [-0.25, -0.2) is 14.8 Å². The molecule has 1 atom stereocenters. The van der Waals surface area contributed by atoms with E-state index in [-0.39, 0.29) is 48.2 Å². The molecule has 0 bridgehead atoms. The Morgan fingerprint density at radius 2 is 1.65 bits per heavy atom. The van der Waals surface area contributed by atoms with Crippen LogP contribution in [0.4, 0.5) is 5.95 Å². The number of hydrogen-bond acceptors (Lipinski definition) is 9. The van der Waals surface area contributed by atoms with Crippen molar-refractivity contribution in [3.63, 3.8) is 0 Å². The Kier molecular flexibility index (Phi) is 7.41. The minimum absolute atomic E-state index is 0.0417. The Balaban J connectivity index is 1.81. The summed E-state index contributed by atoms with van der Waals surface area (Å²) in [7, 11) is 0. The zero-order valence-electron chi connectivity index (χ0n) is 21.9. The van der Waals surface area contributed by atoms with Crippen LogP contribution in [0, 0.1) is 34.5 Å². The second-order valence-corrected chi connectivity index (χ2v) is 9.45. The van der Waals surface area contributed by atoms with E-state index in [0.717, 1.165) is 17.4 Å². The van der Waals surface area contributed by atoms with Crippen molar-refractivity contribution < 1.29 is 0 Å². The van der Waals surface area contributed by atoms with E-state index in [1.54, 1.807) is 35.8 Å². The van der Waals surface area contributed by atoms with E-state index in [1.165, 1.54) is 17.0 Å². The first-order chi connectivity index (χ1) is 19.5. The van der Waals surface area contributed by atoms with Crippen LogP contribution in [0.2, 0.25) is 0 Å². The van der Waals surface area contributed by atoms with Gasteiger partial charge in [0, 0.05) is 42.7 Å². The number of hydrogen-bond donors (Lipinski definition) is 1. The van der Waals surface area contributed by atoms with Crippen molar-refractivity contribution in [1.82, 2.24) is 28.7 Å². The standard InChI is InChI=1S/C28H26N10O2/c1-2-3-13-36-24-25(34-27(36)35-12-6-9-21(31)18-35)37(16-19-7-4-10-32-22(19)14-29)28(40)38(26(24)39)17-20-8-5-11-33-23(20)15-30/h4-5,7-8,10-11,21H,6,9,12-13,16-18,31H2,1H3/t21-/m1/s1. The van der Waals surface area contributed by atoms with Gasteiger partial charge in [-0.3, -0.25) is 18.5 Å². The summed E-state index contributed by atoms with van der Waals surface area (Å²) in [5.41, 5.74) is 6.66. The normalized spacial score (nSPS) is 14.8. The van der Waals surface area contributed by atoms with E-state index in [9.17, 15) is 20.1 Å². The molecule has 5 rings (SSSR count). The first-order valence-corrected chi connectivity index (χ1v) is 12.8. The Hall–Kier alpha value is -5.25. The van der Waals surface area contributed by atoms with Crippen LogP contribution in [0.25, 0.3) is 11.2 Å². The Morgan fingerprint density at radius 1 is 1.00 bits per heavy atom. The van der Waals surface area contributed by atoms with Crippen LogP contribution in [-0.4, -0.2) is 47.8 Å². The summed E-state index contributed by atoms with van der Waals surface area (Å²) in [6.45, 7) is 2.91. The van der Waals surface area contributed by atoms with Crippen LogP contribution in [0.5, 0.6) is 0 Å². The van der Waals surface area contributed by atoms with Crippen LogP contribution in [0.1, 0.15) is 42.3 Å². The van der Waals surface area contributed by atoms with Crippen LogP contribution >= 0.6 is 0 Å². The molecular weight excluding hydrogens is 508 g/mol. The Bertz CT molecular complexity index is 1860. The molecule has 0 radical (unpaired) electrons. The molecule has 1 aliphatic heterocycles. The first-order valence-electron chi connectivity index (χ1n) is 12.8. The SMILES string of the molecule is CC#CCn1c(N2CCC[C@@H](N)C2)nc2c1c(=O)n(Cc1cccnc1C#N)c(=O)n2Cc1cccnc1C#N. The lowest BCUT2D eigenvalue weighted by atomic mass is 10.1. The highest BCUT2D eigenvalue weighted by Gasteiger charge is 2.27. The number of rotatable bonds is 6.